The summed E-state index contributed by atoms with van der Waals surface area (Å²) in [5.74, 6) is -0.628. The van der Waals surface area contributed by atoms with Crippen molar-refractivity contribution in [2.75, 3.05) is 38.1 Å². The molecule has 4 rings (SSSR count). The van der Waals surface area contributed by atoms with E-state index in [9.17, 15) is 17.6 Å². The average Bonchev–Trinajstić information content (AvgIpc) is 2.89. The largest absolute Gasteiger partial charge is 0.369 e. The summed E-state index contributed by atoms with van der Waals surface area (Å²) in [4.78, 5) is 16.6. The van der Waals surface area contributed by atoms with E-state index >= 15 is 0 Å². The summed E-state index contributed by atoms with van der Waals surface area (Å²) in [6.07, 6.45) is 0. The van der Waals surface area contributed by atoms with Crippen LogP contribution in [0.5, 0.6) is 0 Å². The zero-order chi connectivity index (χ0) is 25.0. The van der Waals surface area contributed by atoms with E-state index in [0.29, 0.717) is 18.7 Å². The molecule has 0 saturated carbocycles. The third-order valence-electron chi connectivity index (χ3n) is 5.97. The lowest BCUT2D eigenvalue weighted by atomic mass is 10.1. The third-order valence-corrected chi connectivity index (χ3v) is 7.87. The van der Waals surface area contributed by atoms with Crippen LogP contribution in [0.4, 0.5) is 10.1 Å². The van der Waals surface area contributed by atoms with Crippen LogP contribution in [0.25, 0.3) is 0 Å². The fraction of sp³-hybridized carbons (Fsp3) is 0.231. The highest BCUT2D eigenvalue weighted by atomic mass is 32.2. The number of piperazine rings is 1. The summed E-state index contributed by atoms with van der Waals surface area (Å²) in [7, 11) is -2.15. The molecule has 1 aliphatic rings. The maximum Gasteiger partial charge on any atom is 0.253 e. The second-order valence-electron chi connectivity index (χ2n) is 8.37. The molecule has 1 saturated heterocycles. The molecule has 9 heteroatoms. The molecule has 0 spiro atoms. The lowest BCUT2D eigenvalue weighted by Crippen LogP contribution is -2.48. The summed E-state index contributed by atoms with van der Waals surface area (Å²) in [6, 6.07) is 21.3. The molecule has 180 valence electrons. The number of carbonyl (C=O) groups is 1. The van der Waals surface area contributed by atoms with Gasteiger partial charge < -0.3 is 9.80 Å². The van der Waals surface area contributed by atoms with Gasteiger partial charge in [0.1, 0.15) is 5.82 Å². The van der Waals surface area contributed by atoms with Crippen molar-refractivity contribution in [1.29, 1.82) is 5.26 Å². The van der Waals surface area contributed by atoms with Crippen molar-refractivity contribution in [1.82, 2.24) is 9.21 Å². The quantitative estimate of drug-likeness (QED) is 0.526. The maximum absolute atomic E-state index is 13.3. The summed E-state index contributed by atoms with van der Waals surface area (Å²) in [6.45, 7) is 1.82. The van der Waals surface area contributed by atoms with Crippen molar-refractivity contribution in [2.24, 2.45) is 0 Å². The number of hydrogen-bond donors (Lipinski definition) is 0. The SMILES string of the molecule is CN(Cc1cccc(C#N)c1)C(=O)c1cccc(S(=O)(=O)N2CCN(c3ccc(F)cc3)CC2)c1. The molecule has 3 aromatic carbocycles. The number of nitrogens with zero attached hydrogens (tertiary/aromatic N) is 4. The van der Waals surface area contributed by atoms with Crippen LogP contribution in [0.15, 0.2) is 77.7 Å². The predicted molar refractivity (Wildman–Crippen MR) is 131 cm³/mol. The molecule has 0 bridgehead atoms. The van der Waals surface area contributed by atoms with Gasteiger partial charge in [0.25, 0.3) is 5.91 Å². The topological polar surface area (TPSA) is 84.7 Å². The average molecular weight is 493 g/mol. The van der Waals surface area contributed by atoms with Crippen molar-refractivity contribution in [3.05, 3.63) is 95.3 Å². The molecule has 35 heavy (non-hydrogen) atoms. The minimum atomic E-state index is -3.78. The van der Waals surface area contributed by atoms with Gasteiger partial charge in [0.2, 0.25) is 10.0 Å². The first kappa shape index (κ1) is 24.4. The van der Waals surface area contributed by atoms with E-state index in [1.165, 1.54) is 33.5 Å². The first-order valence-electron chi connectivity index (χ1n) is 11.1. The molecule has 0 N–H and O–H groups in total. The Morgan fingerprint density at radius 1 is 1.00 bits per heavy atom. The Hall–Kier alpha value is -3.74. The molecule has 0 aromatic heterocycles. The summed E-state index contributed by atoms with van der Waals surface area (Å²) < 4.78 is 41.2. The highest BCUT2D eigenvalue weighted by Gasteiger charge is 2.29. The van der Waals surface area contributed by atoms with Crippen LogP contribution in [-0.2, 0) is 16.6 Å². The Balaban J connectivity index is 1.45. The Kier molecular flexibility index (Phi) is 7.15. The van der Waals surface area contributed by atoms with Crippen LogP contribution >= 0.6 is 0 Å². The minimum absolute atomic E-state index is 0.0680. The molecule has 7 nitrogen and oxygen atoms in total. The molecule has 3 aromatic rings. The molecule has 0 atom stereocenters. The van der Waals surface area contributed by atoms with Crippen molar-refractivity contribution < 1.29 is 17.6 Å². The van der Waals surface area contributed by atoms with Crippen LogP contribution in [-0.4, -0.2) is 56.8 Å². The van der Waals surface area contributed by atoms with Crippen molar-refractivity contribution in [3.8, 4) is 6.07 Å². The molecular weight excluding hydrogens is 467 g/mol. The molecule has 0 radical (unpaired) electrons. The molecular formula is C26H25FN4O3S. The fourth-order valence-electron chi connectivity index (χ4n) is 4.08. The zero-order valence-corrected chi connectivity index (χ0v) is 20.1. The Morgan fingerprint density at radius 3 is 2.37 bits per heavy atom. The van der Waals surface area contributed by atoms with Gasteiger partial charge in [-0.1, -0.05) is 18.2 Å². The number of carbonyl (C=O) groups excluding carboxylic acids is 1. The van der Waals surface area contributed by atoms with Crippen molar-refractivity contribution >= 4 is 21.6 Å². The van der Waals surface area contributed by atoms with E-state index in [4.69, 9.17) is 5.26 Å². The summed E-state index contributed by atoms with van der Waals surface area (Å²) >= 11 is 0. The van der Waals surface area contributed by atoms with Gasteiger partial charge in [-0.15, -0.1) is 0 Å². The van der Waals surface area contributed by atoms with Gasteiger partial charge in [0.05, 0.1) is 16.5 Å². The molecule has 0 unspecified atom stereocenters. The number of hydrogen-bond acceptors (Lipinski definition) is 5. The highest BCUT2D eigenvalue weighted by molar-refractivity contribution is 7.89. The van der Waals surface area contributed by atoms with Gasteiger partial charge in [-0.25, -0.2) is 12.8 Å². The molecule has 1 fully saturated rings. The van der Waals surface area contributed by atoms with E-state index < -0.39 is 10.0 Å². The number of nitriles is 1. The van der Waals surface area contributed by atoms with Gasteiger partial charge in [0, 0.05) is 51.0 Å². The van der Waals surface area contributed by atoms with Crippen molar-refractivity contribution in [3.63, 3.8) is 0 Å². The number of amides is 1. The molecule has 1 heterocycles. The Labute approximate surface area is 204 Å². The first-order chi connectivity index (χ1) is 16.8. The van der Waals surface area contributed by atoms with Crippen LogP contribution in [0, 0.1) is 17.1 Å². The second-order valence-corrected chi connectivity index (χ2v) is 10.3. The standard InChI is InChI=1S/C26H25FN4O3S/c1-29(19-21-5-2-4-20(16-21)18-28)26(32)22-6-3-7-25(17-22)35(33,34)31-14-12-30(13-15-31)24-10-8-23(27)9-11-24/h2-11,16-17H,12-15,19H2,1H3. The van der Waals surface area contributed by atoms with E-state index in [1.807, 2.05) is 11.0 Å². The lowest BCUT2D eigenvalue weighted by molar-refractivity contribution is 0.0785. The fourth-order valence-corrected chi connectivity index (χ4v) is 5.55. The Morgan fingerprint density at radius 2 is 1.69 bits per heavy atom. The van der Waals surface area contributed by atoms with Gasteiger partial charge in [-0.3, -0.25) is 4.79 Å². The van der Waals surface area contributed by atoms with Gasteiger partial charge in [0.15, 0.2) is 0 Å². The van der Waals surface area contributed by atoms with Crippen molar-refractivity contribution in [2.45, 2.75) is 11.4 Å². The normalized spacial score (nSPS) is 14.4. The van der Waals surface area contributed by atoms with Crippen LogP contribution in [0.2, 0.25) is 0 Å². The number of benzene rings is 3. The van der Waals surface area contributed by atoms with Crippen LogP contribution in [0.1, 0.15) is 21.5 Å². The van der Waals surface area contributed by atoms with E-state index in [0.717, 1.165) is 11.3 Å². The number of halogens is 1. The maximum atomic E-state index is 13.3. The zero-order valence-electron chi connectivity index (χ0n) is 19.3. The molecule has 0 aliphatic carbocycles. The minimum Gasteiger partial charge on any atom is -0.369 e. The van der Waals surface area contributed by atoms with Gasteiger partial charge in [-0.05, 0) is 60.2 Å². The monoisotopic (exact) mass is 492 g/mol. The number of anilines is 1. The number of rotatable bonds is 6. The van der Waals surface area contributed by atoms with E-state index in [-0.39, 0.29) is 41.8 Å². The smallest absolute Gasteiger partial charge is 0.253 e. The van der Waals surface area contributed by atoms with Crippen LogP contribution in [0.3, 0.4) is 0 Å². The van der Waals surface area contributed by atoms with E-state index in [1.54, 1.807) is 49.5 Å². The lowest BCUT2D eigenvalue weighted by Gasteiger charge is -2.35. The highest BCUT2D eigenvalue weighted by Crippen LogP contribution is 2.23. The summed E-state index contributed by atoms with van der Waals surface area (Å²) in [5.41, 5.74) is 2.44. The second kappa shape index (κ2) is 10.3. The first-order valence-corrected chi connectivity index (χ1v) is 12.6. The van der Waals surface area contributed by atoms with Gasteiger partial charge >= 0.3 is 0 Å². The van der Waals surface area contributed by atoms with Crippen LogP contribution < -0.4 is 4.90 Å². The number of sulfonamides is 1. The third kappa shape index (κ3) is 5.50. The molecule has 1 aliphatic heterocycles. The summed E-state index contributed by atoms with van der Waals surface area (Å²) in [5, 5.41) is 9.07. The van der Waals surface area contributed by atoms with Gasteiger partial charge in [-0.2, -0.15) is 9.57 Å². The Bertz CT molecular complexity index is 1360. The predicted octanol–water partition coefficient (Wildman–Crippen LogP) is 3.48. The van der Waals surface area contributed by atoms with E-state index in [2.05, 4.69) is 6.07 Å². The molecule has 1 amide bonds.